The summed E-state index contributed by atoms with van der Waals surface area (Å²) in [6.45, 7) is 1.95. The number of sulfone groups is 1. The zero-order chi connectivity index (χ0) is 22.4. The zero-order valence-corrected chi connectivity index (χ0v) is 18.8. The van der Waals surface area contributed by atoms with E-state index in [1.807, 2.05) is 6.92 Å². The minimum Gasteiger partial charge on any atom is -0.257 e. The first-order chi connectivity index (χ1) is 14.5. The van der Waals surface area contributed by atoms with Gasteiger partial charge in [-0.1, -0.05) is 12.1 Å². The van der Waals surface area contributed by atoms with Crippen molar-refractivity contribution in [1.82, 2.24) is 14.8 Å². The Labute approximate surface area is 184 Å². The number of benzene rings is 1. The first kappa shape index (κ1) is 21.7. The van der Waals surface area contributed by atoms with Crippen LogP contribution in [0.1, 0.15) is 16.4 Å². The van der Waals surface area contributed by atoms with Crippen LogP contribution < -0.4 is 0 Å². The highest BCUT2D eigenvalue weighted by atomic mass is 32.2. The maximum Gasteiger partial charge on any atom is 0.435 e. The highest BCUT2D eigenvalue weighted by Crippen LogP contribution is 2.38. The zero-order valence-electron chi connectivity index (χ0n) is 16.3. The molecule has 0 radical (unpaired) electrons. The number of thiophene rings is 1. The Kier molecular flexibility index (Phi) is 5.52. The summed E-state index contributed by atoms with van der Waals surface area (Å²) in [6.07, 6.45) is -3.44. The fourth-order valence-corrected chi connectivity index (χ4v) is 5.31. The Morgan fingerprint density at radius 3 is 2.48 bits per heavy atom. The van der Waals surface area contributed by atoms with Crippen molar-refractivity contribution in [2.45, 2.75) is 24.5 Å². The fraction of sp³-hybridized carbons (Fsp3) is 0.200. The lowest BCUT2D eigenvalue weighted by molar-refractivity contribution is -0.141. The molecule has 162 valence electrons. The van der Waals surface area contributed by atoms with Crippen LogP contribution in [0.3, 0.4) is 0 Å². The molecule has 0 atom stereocenters. The van der Waals surface area contributed by atoms with Crippen molar-refractivity contribution in [3.8, 4) is 21.0 Å². The highest BCUT2D eigenvalue weighted by Gasteiger charge is 2.35. The predicted molar refractivity (Wildman–Crippen MR) is 115 cm³/mol. The lowest BCUT2D eigenvalue weighted by atomic mass is 10.2. The number of nitrogens with zero attached hydrogens (tertiary/aromatic N) is 3. The van der Waals surface area contributed by atoms with E-state index in [0.29, 0.717) is 21.8 Å². The molecule has 4 rings (SSSR count). The van der Waals surface area contributed by atoms with E-state index >= 15 is 0 Å². The van der Waals surface area contributed by atoms with Crippen molar-refractivity contribution in [3.05, 3.63) is 64.2 Å². The van der Waals surface area contributed by atoms with Crippen LogP contribution in [0, 0.1) is 6.92 Å². The second kappa shape index (κ2) is 7.88. The maximum atomic E-state index is 13.3. The SMILES string of the molecule is Cc1nc(Cn2nc(C(F)(F)F)cc2-c2ccc(-c3cccc(S(C)(=O)=O)c3)s2)cs1. The average molecular weight is 484 g/mol. The highest BCUT2D eigenvalue weighted by molar-refractivity contribution is 7.90. The molecule has 11 heteroatoms. The molecule has 0 spiro atoms. The van der Waals surface area contributed by atoms with E-state index in [4.69, 9.17) is 0 Å². The van der Waals surface area contributed by atoms with Crippen molar-refractivity contribution in [3.63, 3.8) is 0 Å². The monoisotopic (exact) mass is 483 g/mol. The van der Waals surface area contributed by atoms with Gasteiger partial charge in [0.1, 0.15) is 0 Å². The molecule has 1 aromatic carbocycles. The summed E-state index contributed by atoms with van der Waals surface area (Å²) in [5.41, 5.74) is 0.673. The van der Waals surface area contributed by atoms with Crippen LogP contribution in [0.5, 0.6) is 0 Å². The Bertz CT molecular complexity index is 1350. The van der Waals surface area contributed by atoms with Gasteiger partial charge in [-0.15, -0.1) is 22.7 Å². The Balaban J connectivity index is 1.75. The number of aryl methyl sites for hydroxylation is 1. The Hall–Kier alpha value is -2.50. The van der Waals surface area contributed by atoms with Gasteiger partial charge in [-0.05, 0) is 42.8 Å². The molecule has 0 unspecified atom stereocenters. The standard InChI is InChI=1S/C20H16F3N3O2S3/c1-12-24-14(11-29-12)10-26-16(9-19(25-26)20(21,22)23)18-7-6-17(30-18)13-4-3-5-15(8-13)31(2,27)28/h3-9,11H,10H2,1-2H3. The van der Waals surface area contributed by atoms with Gasteiger partial charge in [-0.3, -0.25) is 4.68 Å². The van der Waals surface area contributed by atoms with Gasteiger partial charge in [0.15, 0.2) is 15.5 Å². The summed E-state index contributed by atoms with van der Waals surface area (Å²) < 4.78 is 65.0. The number of aromatic nitrogens is 3. The van der Waals surface area contributed by atoms with Crippen molar-refractivity contribution in [1.29, 1.82) is 0 Å². The Morgan fingerprint density at radius 1 is 1.10 bits per heavy atom. The summed E-state index contributed by atoms with van der Waals surface area (Å²) in [4.78, 5) is 5.84. The molecular weight excluding hydrogens is 467 g/mol. The molecule has 0 aliphatic carbocycles. The van der Waals surface area contributed by atoms with Gasteiger partial charge < -0.3 is 0 Å². The number of halogens is 3. The first-order valence-electron chi connectivity index (χ1n) is 8.97. The summed E-state index contributed by atoms with van der Waals surface area (Å²) >= 11 is 2.69. The van der Waals surface area contributed by atoms with Crippen LogP contribution in [-0.4, -0.2) is 29.4 Å². The topological polar surface area (TPSA) is 64.8 Å². The van der Waals surface area contributed by atoms with E-state index in [1.165, 1.54) is 33.4 Å². The number of rotatable bonds is 5. The van der Waals surface area contributed by atoms with Gasteiger partial charge in [-0.25, -0.2) is 13.4 Å². The fourth-order valence-electron chi connectivity index (χ4n) is 3.02. The van der Waals surface area contributed by atoms with E-state index in [2.05, 4.69) is 10.1 Å². The van der Waals surface area contributed by atoms with Gasteiger partial charge in [0.05, 0.1) is 32.7 Å². The minimum absolute atomic E-state index is 0.118. The number of hydrogen-bond donors (Lipinski definition) is 0. The van der Waals surface area contributed by atoms with E-state index in [9.17, 15) is 21.6 Å². The van der Waals surface area contributed by atoms with Crippen molar-refractivity contribution >= 4 is 32.5 Å². The van der Waals surface area contributed by atoms with Crippen molar-refractivity contribution in [2.24, 2.45) is 0 Å². The van der Waals surface area contributed by atoms with E-state index in [-0.39, 0.29) is 11.4 Å². The van der Waals surface area contributed by atoms with Crippen LogP contribution in [0.2, 0.25) is 0 Å². The molecule has 0 fully saturated rings. The third kappa shape index (κ3) is 4.73. The molecular formula is C20H16F3N3O2S3. The van der Waals surface area contributed by atoms with Gasteiger partial charge in [0.2, 0.25) is 0 Å². The molecule has 31 heavy (non-hydrogen) atoms. The second-order valence-electron chi connectivity index (χ2n) is 6.89. The van der Waals surface area contributed by atoms with Crippen molar-refractivity contribution < 1.29 is 21.6 Å². The predicted octanol–water partition coefficient (Wildman–Crippen LogP) is 5.51. The van der Waals surface area contributed by atoms with Crippen LogP contribution in [-0.2, 0) is 22.6 Å². The first-order valence-corrected chi connectivity index (χ1v) is 12.6. The molecule has 3 heterocycles. The molecule has 0 amide bonds. The summed E-state index contributed by atoms with van der Waals surface area (Å²) in [5, 5.41) is 6.39. The summed E-state index contributed by atoms with van der Waals surface area (Å²) in [6, 6.07) is 11.0. The van der Waals surface area contributed by atoms with Gasteiger partial charge in [0.25, 0.3) is 0 Å². The summed E-state index contributed by atoms with van der Waals surface area (Å²) in [7, 11) is -3.37. The molecule has 5 nitrogen and oxygen atoms in total. The van der Waals surface area contributed by atoms with Crippen LogP contribution in [0.15, 0.2) is 52.7 Å². The van der Waals surface area contributed by atoms with Gasteiger partial charge >= 0.3 is 6.18 Å². The molecule has 4 aromatic rings. The quantitative estimate of drug-likeness (QED) is 0.375. The largest absolute Gasteiger partial charge is 0.435 e. The van der Waals surface area contributed by atoms with E-state index < -0.39 is 21.7 Å². The number of alkyl halides is 3. The normalized spacial score (nSPS) is 12.4. The lowest BCUT2D eigenvalue weighted by Crippen LogP contribution is -2.09. The average Bonchev–Trinajstić information content (AvgIpc) is 3.40. The minimum atomic E-state index is -4.57. The van der Waals surface area contributed by atoms with Gasteiger partial charge in [-0.2, -0.15) is 18.3 Å². The second-order valence-corrected chi connectivity index (χ2v) is 11.1. The molecule has 0 aliphatic rings. The van der Waals surface area contributed by atoms with Crippen LogP contribution in [0.25, 0.3) is 21.0 Å². The third-order valence-corrected chi connectivity index (χ3v) is 7.54. The Morgan fingerprint density at radius 2 is 1.84 bits per heavy atom. The molecule has 0 aliphatic heterocycles. The van der Waals surface area contributed by atoms with E-state index in [0.717, 1.165) is 22.2 Å². The molecule has 3 aromatic heterocycles. The van der Waals surface area contributed by atoms with E-state index in [1.54, 1.807) is 35.7 Å². The molecule has 0 saturated heterocycles. The smallest absolute Gasteiger partial charge is 0.257 e. The number of thiazole rings is 1. The van der Waals surface area contributed by atoms with Crippen LogP contribution in [0.4, 0.5) is 13.2 Å². The number of hydrogen-bond acceptors (Lipinski definition) is 6. The molecule has 0 saturated carbocycles. The molecule has 0 N–H and O–H groups in total. The maximum absolute atomic E-state index is 13.3. The van der Waals surface area contributed by atoms with Gasteiger partial charge in [0, 0.05) is 16.5 Å². The van der Waals surface area contributed by atoms with Crippen molar-refractivity contribution in [2.75, 3.05) is 6.26 Å². The summed E-state index contributed by atoms with van der Waals surface area (Å²) in [5.74, 6) is 0. The third-order valence-electron chi connectivity index (χ3n) is 4.45. The van der Waals surface area contributed by atoms with Crippen LogP contribution >= 0.6 is 22.7 Å². The molecule has 0 bridgehead atoms. The lowest BCUT2D eigenvalue weighted by Gasteiger charge is -2.04.